The minimum absolute atomic E-state index is 0.0593. The summed E-state index contributed by atoms with van der Waals surface area (Å²) in [4.78, 5) is -0.0910. The van der Waals surface area contributed by atoms with Gasteiger partial charge < -0.3 is 0 Å². The Morgan fingerprint density at radius 2 is 1.80 bits per heavy atom. The molecular weight excluding hydrogens is 390 g/mol. The maximum Gasteiger partial charge on any atom is 0.242 e. The van der Waals surface area contributed by atoms with E-state index in [0.29, 0.717) is 4.47 Å². The van der Waals surface area contributed by atoms with E-state index in [-0.39, 0.29) is 16.5 Å². The Kier molecular flexibility index (Phi) is 5.30. The van der Waals surface area contributed by atoms with Crippen molar-refractivity contribution in [2.75, 3.05) is 12.8 Å². The number of hydrogen-bond donors (Lipinski definition) is 1. The van der Waals surface area contributed by atoms with Crippen molar-refractivity contribution in [1.82, 2.24) is 4.72 Å². The van der Waals surface area contributed by atoms with Crippen molar-refractivity contribution in [3.05, 3.63) is 27.7 Å². The Bertz CT molecular complexity index is 714. The van der Waals surface area contributed by atoms with E-state index in [1.54, 1.807) is 6.07 Å². The summed E-state index contributed by atoms with van der Waals surface area (Å²) in [5, 5.41) is 0.0593. The van der Waals surface area contributed by atoms with Crippen LogP contribution in [0.3, 0.4) is 0 Å². The summed E-state index contributed by atoms with van der Waals surface area (Å²) in [6.07, 6.45) is 1.06. The van der Waals surface area contributed by atoms with Crippen LogP contribution in [-0.4, -0.2) is 34.4 Å². The van der Waals surface area contributed by atoms with Gasteiger partial charge in [0, 0.05) is 17.3 Å². The van der Waals surface area contributed by atoms with E-state index < -0.39 is 24.6 Å². The van der Waals surface area contributed by atoms with E-state index in [0.717, 1.165) is 6.26 Å². The zero-order valence-corrected chi connectivity index (χ0v) is 15.1. The predicted molar refractivity (Wildman–Crippen MR) is 83.3 cm³/mol. The fraction of sp³-hybridized carbons (Fsp3) is 0.455. The van der Waals surface area contributed by atoms with Gasteiger partial charge in [0.1, 0.15) is 4.90 Å². The molecule has 0 fully saturated rings. The second kappa shape index (κ2) is 5.92. The summed E-state index contributed by atoms with van der Waals surface area (Å²) in [5.74, 6) is 0. The molecule has 114 valence electrons. The molecule has 0 bridgehead atoms. The molecular formula is C11H15BrClNO4S2. The maximum absolute atomic E-state index is 12.1. The lowest BCUT2D eigenvalue weighted by atomic mass is 10.2. The number of benzene rings is 1. The summed E-state index contributed by atoms with van der Waals surface area (Å²) < 4.78 is 49.1. The molecule has 0 unspecified atom stereocenters. The summed E-state index contributed by atoms with van der Waals surface area (Å²) >= 11 is 9.07. The van der Waals surface area contributed by atoms with Crippen molar-refractivity contribution in [2.45, 2.75) is 23.5 Å². The van der Waals surface area contributed by atoms with Gasteiger partial charge in [0.05, 0.1) is 9.77 Å². The van der Waals surface area contributed by atoms with Gasteiger partial charge in [-0.05, 0) is 32.0 Å². The van der Waals surface area contributed by atoms with E-state index in [1.807, 2.05) is 0 Å². The Labute approximate surface area is 132 Å². The largest absolute Gasteiger partial charge is 0.242 e. The van der Waals surface area contributed by atoms with Crippen LogP contribution < -0.4 is 4.72 Å². The zero-order chi connectivity index (χ0) is 15.8. The monoisotopic (exact) mass is 403 g/mol. The number of nitrogens with one attached hydrogen (secondary N) is 1. The molecule has 0 aromatic heterocycles. The lowest BCUT2D eigenvalue weighted by Gasteiger charge is -2.22. The standard InChI is InChI=1S/C11H15BrClNO4S2/c1-11(2,19(3,15)16)7-14-20(17,18)10-5-4-8(12)6-9(10)13/h4-6,14H,7H2,1-3H3. The molecule has 1 aromatic rings. The molecule has 0 spiro atoms. The summed E-state index contributed by atoms with van der Waals surface area (Å²) in [6.45, 7) is 2.67. The van der Waals surface area contributed by atoms with Gasteiger partial charge in [-0.25, -0.2) is 21.6 Å². The van der Waals surface area contributed by atoms with Crippen molar-refractivity contribution in [3.63, 3.8) is 0 Å². The number of hydrogen-bond acceptors (Lipinski definition) is 4. The van der Waals surface area contributed by atoms with Gasteiger partial charge in [-0.1, -0.05) is 27.5 Å². The average Bonchev–Trinajstić information content (AvgIpc) is 2.24. The Balaban J connectivity index is 3.03. The quantitative estimate of drug-likeness (QED) is 0.816. The Morgan fingerprint density at radius 3 is 2.25 bits per heavy atom. The first kappa shape index (κ1) is 17.9. The smallest absolute Gasteiger partial charge is 0.229 e. The van der Waals surface area contributed by atoms with E-state index in [9.17, 15) is 16.8 Å². The third-order valence-electron chi connectivity index (χ3n) is 2.88. The van der Waals surface area contributed by atoms with Gasteiger partial charge in [-0.2, -0.15) is 0 Å². The highest BCUT2D eigenvalue weighted by molar-refractivity contribution is 9.10. The zero-order valence-electron chi connectivity index (χ0n) is 11.1. The normalized spacial score (nSPS) is 13.4. The molecule has 5 nitrogen and oxygen atoms in total. The molecule has 1 rings (SSSR count). The SMILES string of the molecule is CC(C)(CNS(=O)(=O)c1ccc(Br)cc1Cl)S(C)(=O)=O. The average molecular weight is 405 g/mol. The topological polar surface area (TPSA) is 80.3 Å². The summed E-state index contributed by atoms with van der Waals surface area (Å²) in [7, 11) is -7.26. The van der Waals surface area contributed by atoms with E-state index >= 15 is 0 Å². The van der Waals surface area contributed by atoms with E-state index in [1.165, 1.54) is 26.0 Å². The van der Waals surface area contributed by atoms with Crippen molar-refractivity contribution >= 4 is 47.4 Å². The highest BCUT2D eigenvalue weighted by Gasteiger charge is 2.32. The van der Waals surface area contributed by atoms with Crippen LogP contribution in [0.5, 0.6) is 0 Å². The third-order valence-corrected chi connectivity index (χ3v) is 7.40. The highest BCUT2D eigenvalue weighted by atomic mass is 79.9. The van der Waals surface area contributed by atoms with Gasteiger partial charge in [0.2, 0.25) is 10.0 Å². The van der Waals surface area contributed by atoms with Crippen LogP contribution in [-0.2, 0) is 19.9 Å². The molecule has 9 heteroatoms. The van der Waals surface area contributed by atoms with Crippen molar-refractivity contribution in [1.29, 1.82) is 0 Å². The summed E-state index contributed by atoms with van der Waals surface area (Å²) in [5.41, 5.74) is 0. The first-order valence-electron chi connectivity index (χ1n) is 5.51. The van der Waals surface area contributed by atoms with Crippen molar-refractivity contribution in [2.24, 2.45) is 0 Å². The van der Waals surface area contributed by atoms with Gasteiger partial charge in [0.15, 0.2) is 9.84 Å². The maximum atomic E-state index is 12.1. The van der Waals surface area contributed by atoms with Crippen LogP contribution in [0, 0.1) is 0 Å². The molecule has 1 aromatic carbocycles. The lowest BCUT2D eigenvalue weighted by Crippen LogP contribution is -2.43. The number of rotatable bonds is 5. The highest BCUT2D eigenvalue weighted by Crippen LogP contribution is 2.25. The first-order valence-corrected chi connectivity index (χ1v) is 10.1. The molecule has 0 amide bonds. The van der Waals surface area contributed by atoms with Crippen LogP contribution in [0.1, 0.15) is 13.8 Å². The second-order valence-corrected chi connectivity index (χ2v) is 10.6. The van der Waals surface area contributed by atoms with Gasteiger partial charge in [0.25, 0.3) is 0 Å². The van der Waals surface area contributed by atoms with Crippen LogP contribution >= 0.6 is 27.5 Å². The predicted octanol–water partition coefficient (Wildman–Crippen LogP) is 2.20. The van der Waals surface area contributed by atoms with Crippen molar-refractivity contribution in [3.8, 4) is 0 Å². The van der Waals surface area contributed by atoms with Gasteiger partial charge in [-0.3, -0.25) is 0 Å². The molecule has 0 heterocycles. The molecule has 0 aliphatic carbocycles. The minimum Gasteiger partial charge on any atom is -0.229 e. The molecule has 0 aliphatic rings. The van der Waals surface area contributed by atoms with Crippen LogP contribution in [0.4, 0.5) is 0 Å². The van der Waals surface area contributed by atoms with E-state index in [4.69, 9.17) is 11.6 Å². The molecule has 0 radical (unpaired) electrons. The molecule has 0 aliphatic heterocycles. The Hall–Kier alpha value is -0.150. The van der Waals surface area contributed by atoms with Crippen LogP contribution in [0.25, 0.3) is 0 Å². The lowest BCUT2D eigenvalue weighted by molar-refractivity contribution is 0.537. The second-order valence-electron chi connectivity index (χ2n) is 4.93. The first-order chi connectivity index (χ1) is 8.87. The van der Waals surface area contributed by atoms with Crippen LogP contribution in [0.2, 0.25) is 5.02 Å². The molecule has 1 N–H and O–H groups in total. The fourth-order valence-electron chi connectivity index (χ4n) is 1.17. The number of halogens is 2. The van der Waals surface area contributed by atoms with E-state index in [2.05, 4.69) is 20.7 Å². The molecule has 0 saturated carbocycles. The van der Waals surface area contributed by atoms with Crippen molar-refractivity contribution < 1.29 is 16.8 Å². The summed E-state index contributed by atoms with van der Waals surface area (Å²) in [6, 6.07) is 4.35. The third kappa shape index (κ3) is 4.17. The fourth-order valence-corrected chi connectivity index (χ4v) is 3.84. The number of sulfonamides is 1. The van der Waals surface area contributed by atoms with Crippen LogP contribution in [0.15, 0.2) is 27.6 Å². The minimum atomic E-state index is -3.87. The number of sulfone groups is 1. The molecule has 0 atom stereocenters. The molecule has 20 heavy (non-hydrogen) atoms. The van der Waals surface area contributed by atoms with Gasteiger partial charge in [-0.15, -0.1) is 0 Å². The molecule has 0 saturated heterocycles. The Morgan fingerprint density at radius 1 is 1.25 bits per heavy atom. The van der Waals surface area contributed by atoms with Gasteiger partial charge >= 0.3 is 0 Å².